The molecule has 1 aromatic rings. The second kappa shape index (κ2) is 3.28. The molecule has 0 fully saturated rings. The van der Waals surface area contributed by atoms with Gasteiger partial charge in [-0.15, -0.1) is 0 Å². The lowest BCUT2D eigenvalue weighted by molar-refractivity contribution is 0.588. The van der Waals surface area contributed by atoms with E-state index >= 15 is 0 Å². The fraction of sp³-hybridized carbons (Fsp3) is 0.250. The molecule has 0 saturated carbocycles. The Morgan fingerprint density at radius 3 is 2.18 bits per heavy atom. The number of hydrogen-bond acceptors (Lipinski definition) is 1. The third-order valence-electron chi connectivity index (χ3n) is 1.43. The van der Waals surface area contributed by atoms with Crippen LogP contribution in [0.15, 0.2) is 24.3 Å². The van der Waals surface area contributed by atoms with Crippen LogP contribution in [0.2, 0.25) is 0 Å². The molecule has 3 heteroatoms. The molecule has 0 unspecified atom stereocenters. The number of rotatable bonds is 1. The fourth-order valence-corrected chi connectivity index (χ4v) is 4.05. The van der Waals surface area contributed by atoms with E-state index in [-0.39, 0.29) is 0 Å². The summed E-state index contributed by atoms with van der Waals surface area (Å²) in [4.78, 5) is 0. The zero-order valence-electron chi connectivity index (χ0n) is 6.54. The maximum atomic E-state index is 11.6. The van der Waals surface area contributed by atoms with E-state index in [4.69, 9.17) is 0 Å². The third-order valence-corrected chi connectivity index (χ3v) is 4.35. The van der Waals surface area contributed by atoms with E-state index in [0.717, 1.165) is 8.87 Å². The van der Waals surface area contributed by atoms with Gasteiger partial charge in [0.1, 0.15) is 7.14 Å². The molecule has 1 nitrogen and oxygen atoms in total. The van der Waals surface area contributed by atoms with E-state index in [9.17, 15) is 4.57 Å². The summed E-state index contributed by atoms with van der Waals surface area (Å²) in [5.74, 6) is 0. The van der Waals surface area contributed by atoms with Gasteiger partial charge in [0, 0.05) is 8.87 Å². The van der Waals surface area contributed by atoms with Gasteiger partial charge >= 0.3 is 0 Å². The van der Waals surface area contributed by atoms with Crippen LogP contribution in [0.25, 0.3) is 0 Å². The molecular weight excluding hydrogens is 270 g/mol. The predicted octanol–water partition coefficient (Wildman–Crippen LogP) is 2.54. The summed E-state index contributed by atoms with van der Waals surface area (Å²) in [6.07, 6.45) is 0. The molecule has 0 N–H and O–H groups in total. The topological polar surface area (TPSA) is 17.1 Å². The van der Waals surface area contributed by atoms with E-state index in [2.05, 4.69) is 22.6 Å². The van der Waals surface area contributed by atoms with Gasteiger partial charge in [0.15, 0.2) is 0 Å². The molecule has 60 valence electrons. The van der Waals surface area contributed by atoms with Crippen LogP contribution in [-0.4, -0.2) is 13.3 Å². The first-order chi connectivity index (χ1) is 5.02. The first kappa shape index (κ1) is 9.27. The monoisotopic (exact) mass is 280 g/mol. The summed E-state index contributed by atoms with van der Waals surface area (Å²) >= 11 is 2.21. The van der Waals surface area contributed by atoms with Crippen LogP contribution in [0.1, 0.15) is 0 Å². The average Bonchev–Trinajstić information content (AvgIpc) is 1.86. The van der Waals surface area contributed by atoms with Gasteiger partial charge in [0.2, 0.25) is 0 Å². The van der Waals surface area contributed by atoms with Crippen molar-refractivity contribution in [3.8, 4) is 0 Å². The summed E-state index contributed by atoms with van der Waals surface area (Å²) in [6, 6.07) is 7.80. The molecule has 0 saturated heterocycles. The number of benzene rings is 1. The Balaban J connectivity index is 3.25. The van der Waals surface area contributed by atoms with Crippen molar-refractivity contribution in [3.63, 3.8) is 0 Å². The Kier molecular flexibility index (Phi) is 2.76. The SMILES string of the molecule is CP(C)(=O)c1ccccc1I. The maximum Gasteiger partial charge on any atom is 0.110 e. The Morgan fingerprint density at radius 2 is 1.82 bits per heavy atom. The highest BCUT2D eigenvalue weighted by Crippen LogP contribution is 2.35. The van der Waals surface area contributed by atoms with Crippen molar-refractivity contribution in [2.75, 3.05) is 13.3 Å². The number of halogens is 1. The van der Waals surface area contributed by atoms with Gasteiger partial charge in [0.05, 0.1) is 0 Å². The van der Waals surface area contributed by atoms with Crippen molar-refractivity contribution < 1.29 is 4.57 Å². The molecule has 11 heavy (non-hydrogen) atoms. The van der Waals surface area contributed by atoms with E-state index in [1.165, 1.54) is 0 Å². The van der Waals surface area contributed by atoms with Crippen molar-refractivity contribution in [1.82, 2.24) is 0 Å². The molecule has 0 bridgehead atoms. The Hall–Kier alpha value is 0.180. The molecule has 0 radical (unpaired) electrons. The van der Waals surface area contributed by atoms with E-state index in [0.29, 0.717) is 0 Å². The number of hydrogen-bond donors (Lipinski definition) is 0. The first-order valence-electron chi connectivity index (χ1n) is 3.32. The molecule has 1 rings (SSSR count). The van der Waals surface area contributed by atoms with Gasteiger partial charge in [-0.05, 0) is 42.0 Å². The molecule has 0 aromatic heterocycles. The molecule has 0 aliphatic carbocycles. The van der Waals surface area contributed by atoms with Crippen molar-refractivity contribution in [2.24, 2.45) is 0 Å². The van der Waals surface area contributed by atoms with Gasteiger partial charge in [0.25, 0.3) is 0 Å². The average molecular weight is 280 g/mol. The zero-order chi connectivity index (χ0) is 8.48. The van der Waals surface area contributed by atoms with Gasteiger partial charge < -0.3 is 4.57 Å². The van der Waals surface area contributed by atoms with Crippen LogP contribution >= 0.6 is 29.7 Å². The summed E-state index contributed by atoms with van der Waals surface area (Å²) < 4.78 is 12.7. The highest BCUT2D eigenvalue weighted by molar-refractivity contribution is 14.1. The van der Waals surface area contributed by atoms with Gasteiger partial charge in [-0.2, -0.15) is 0 Å². The van der Waals surface area contributed by atoms with Gasteiger partial charge in [-0.3, -0.25) is 0 Å². The van der Waals surface area contributed by atoms with Crippen LogP contribution < -0.4 is 5.30 Å². The maximum absolute atomic E-state index is 11.6. The molecule has 0 heterocycles. The highest BCUT2D eigenvalue weighted by Gasteiger charge is 2.12. The van der Waals surface area contributed by atoms with Crippen molar-refractivity contribution in [1.29, 1.82) is 0 Å². The van der Waals surface area contributed by atoms with Crippen molar-refractivity contribution >= 4 is 35.0 Å². The summed E-state index contributed by atoms with van der Waals surface area (Å²) in [5, 5.41) is 0.987. The Morgan fingerprint density at radius 1 is 1.27 bits per heavy atom. The third kappa shape index (κ3) is 2.31. The minimum atomic E-state index is -2.06. The first-order valence-corrected chi connectivity index (χ1v) is 7.00. The van der Waals surface area contributed by atoms with Crippen LogP contribution in [0.5, 0.6) is 0 Å². The smallest absolute Gasteiger partial charge is 0.110 e. The molecule has 0 spiro atoms. The summed E-state index contributed by atoms with van der Waals surface area (Å²) in [7, 11) is -2.06. The van der Waals surface area contributed by atoms with Crippen molar-refractivity contribution in [2.45, 2.75) is 0 Å². The summed E-state index contributed by atoms with van der Waals surface area (Å²) in [6.45, 7) is 3.59. The second-order valence-corrected chi connectivity index (χ2v) is 7.15. The highest BCUT2D eigenvalue weighted by atomic mass is 127. The van der Waals surface area contributed by atoms with Crippen LogP contribution in [0.3, 0.4) is 0 Å². The van der Waals surface area contributed by atoms with Crippen LogP contribution in [0.4, 0.5) is 0 Å². The molecule has 0 atom stereocenters. The van der Waals surface area contributed by atoms with E-state index < -0.39 is 7.14 Å². The quantitative estimate of drug-likeness (QED) is 0.570. The minimum Gasteiger partial charge on any atom is -0.319 e. The lowest BCUT2D eigenvalue weighted by Gasteiger charge is -2.07. The van der Waals surface area contributed by atoms with Gasteiger partial charge in [-0.1, -0.05) is 18.2 Å². The molecule has 0 aliphatic heterocycles. The predicted molar refractivity (Wildman–Crippen MR) is 58.2 cm³/mol. The van der Waals surface area contributed by atoms with E-state index in [1.807, 2.05) is 24.3 Å². The molecule has 0 amide bonds. The summed E-state index contributed by atoms with van der Waals surface area (Å²) in [5.41, 5.74) is 0. The van der Waals surface area contributed by atoms with Crippen LogP contribution in [-0.2, 0) is 4.57 Å². The standard InChI is InChI=1S/C8H10IOP/c1-11(2,10)8-6-4-3-5-7(8)9/h3-6H,1-2H3. The lowest BCUT2D eigenvalue weighted by atomic mass is 10.4. The van der Waals surface area contributed by atoms with Gasteiger partial charge in [-0.25, -0.2) is 0 Å². The fourth-order valence-electron chi connectivity index (χ4n) is 0.888. The Labute approximate surface area is 80.7 Å². The zero-order valence-corrected chi connectivity index (χ0v) is 9.59. The normalized spacial score (nSPS) is 11.5. The minimum absolute atomic E-state index is 0.987. The molecular formula is C8H10IOP. The lowest BCUT2D eigenvalue weighted by Crippen LogP contribution is -2.06. The molecule has 0 aliphatic rings. The molecule has 1 aromatic carbocycles. The van der Waals surface area contributed by atoms with Crippen LogP contribution in [0, 0.1) is 3.57 Å². The Bertz CT molecular complexity index is 303. The largest absolute Gasteiger partial charge is 0.319 e. The second-order valence-electron chi connectivity index (χ2n) is 2.80. The van der Waals surface area contributed by atoms with Crippen molar-refractivity contribution in [3.05, 3.63) is 27.8 Å². The van der Waals surface area contributed by atoms with E-state index in [1.54, 1.807) is 13.3 Å².